The first-order valence-electron chi connectivity index (χ1n) is 7.22. The number of carbonyl (C=O) groups excluding carboxylic acids is 1. The van der Waals surface area contributed by atoms with E-state index in [9.17, 15) is 13.6 Å². The molecule has 24 heavy (non-hydrogen) atoms. The zero-order valence-electron chi connectivity index (χ0n) is 12.7. The first-order valence-corrected chi connectivity index (χ1v) is 7.22. The second-order valence-corrected chi connectivity index (χ2v) is 4.90. The average Bonchev–Trinajstić information content (AvgIpc) is 3.05. The van der Waals surface area contributed by atoms with Gasteiger partial charge in [-0.15, -0.1) is 0 Å². The summed E-state index contributed by atoms with van der Waals surface area (Å²) in [5, 5.41) is 0. The summed E-state index contributed by atoms with van der Waals surface area (Å²) in [4.78, 5) is 19.1. The lowest BCUT2D eigenvalue weighted by atomic mass is 10.1. The van der Waals surface area contributed by atoms with E-state index in [1.807, 2.05) is 0 Å². The molecule has 0 spiro atoms. The summed E-state index contributed by atoms with van der Waals surface area (Å²) in [7, 11) is 0. The lowest BCUT2D eigenvalue weighted by Gasteiger charge is -2.07. The average molecular weight is 329 g/mol. The Labute approximate surface area is 136 Å². The molecule has 0 bridgehead atoms. The molecule has 0 radical (unpaired) electrons. The van der Waals surface area contributed by atoms with E-state index in [1.165, 1.54) is 12.5 Å². The van der Waals surface area contributed by atoms with Crippen molar-refractivity contribution in [1.29, 1.82) is 0 Å². The number of nitrogens with zero attached hydrogens (tertiary/aromatic N) is 3. The molecule has 0 saturated heterocycles. The van der Waals surface area contributed by atoms with Crippen LogP contribution >= 0.6 is 0 Å². The maximum atomic E-state index is 13.9. The number of ether oxygens (including phenoxy) is 1. The zero-order chi connectivity index (χ0) is 17.1. The number of halogens is 2. The van der Waals surface area contributed by atoms with E-state index in [0.717, 1.165) is 12.3 Å². The van der Waals surface area contributed by atoms with Gasteiger partial charge in [0.2, 0.25) is 5.95 Å². The van der Waals surface area contributed by atoms with E-state index in [2.05, 4.69) is 9.97 Å². The molecule has 122 valence electrons. The first kappa shape index (κ1) is 15.8. The molecule has 0 unspecified atom stereocenters. The van der Waals surface area contributed by atoms with Gasteiger partial charge < -0.3 is 9.30 Å². The molecule has 0 aliphatic carbocycles. The highest BCUT2D eigenvalue weighted by molar-refractivity contribution is 5.87. The maximum Gasteiger partial charge on any atom is 0.358 e. The second-order valence-electron chi connectivity index (χ2n) is 4.90. The molecule has 3 rings (SSSR count). The largest absolute Gasteiger partial charge is 0.461 e. The topological polar surface area (TPSA) is 57.0 Å². The summed E-state index contributed by atoms with van der Waals surface area (Å²) in [6, 6.07) is 7.64. The lowest BCUT2D eigenvalue weighted by Crippen LogP contribution is -2.04. The Morgan fingerprint density at radius 1 is 1.25 bits per heavy atom. The Morgan fingerprint density at radius 2 is 2.08 bits per heavy atom. The Hall–Kier alpha value is -3.09. The summed E-state index contributed by atoms with van der Waals surface area (Å²) < 4.78 is 34.2. The molecule has 3 aromatic rings. The number of aromatic nitrogens is 3. The first-order chi connectivity index (χ1) is 11.6. The number of hydrogen-bond donors (Lipinski definition) is 0. The van der Waals surface area contributed by atoms with Crippen molar-refractivity contribution in [3.8, 4) is 16.8 Å². The molecule has 0 amide bonds. The normalized spacial score (nSPS) is 10.6. The van der Waals surface area contributed by atoms with Crippen LogP contribution in [0, 0.1) is 11.8 Å². The highest BCUT2D eigenvalue weighted by atomic mass is 19.1. The van der Waals surface area contributed by atoms with Gasteiger partial charge in [-0.2, -0.15) is 4.39 Å². The van der Waals surface area contributed by atoms with Crippen LogP contribution in [-0.2, 0) is 4.74 Å². The lowest BCUT2D eigenvalue weighted by molar-refractivity contribution is 0.0520. The Kier molecular flexibility index (Phi) is 4.33. The number of esters is 1. The molecular formula is C17H13F2N3O2. The molecule has 0 aliphatic rings. The number of pyridine rings is 1. The van der Waals surface area contributed by atoms with Crippen molar-refractivity contribution in [2.24, 2.45) is 0 Å². The third-order valence-corrected chi connectivity index (χ3v) is 3.35. The van der Waals surface area contributed by atoms with E-state index < -0.39 is 17.7 Å². The smallest absolute Gasteiger partial charge is 0.358 e. The van der Waals surface area contributed by atoms with Crippen LogP contribution in [0.15, 0.2) is 49.1 Å². The molecule has 0 atom stereocenters. The van der Waals surface area contributed by atoms with Gasteiger partial charge >= 0.3 is 5.97 Å². The van der Waals surface area contributed by atoms with E-state index >= 15 is 0 Å². The maximum absolute atomic E-state index is 13.9. The highest BCUT2D eigenvalue weighted by Crippen LogP contribution is 2.26. The molecule has 7 heteroatoms. The van der Waals surface area contributed by atoms with Crippen molar-refractivity contribution in [2.45, 2.75) is 6.92 Å². The summed E-state index contributed by atoms with van der Waals surface area (Å²) in [6.07, 6.45) is 3.99. The summed E-state index contributed by atoms with van der Waals surface area (Å²) in [5.41, 5.74) is 0.881. The molecule has 5 nitrogen and oxygen atoms in total. The van der Waals surface area contributed by atoms with E-state index in [1.54, 1.807) is 35.8 Å². The van der Waals surface area contributed by atoms with Crippen molar-refractivity contribution >= 4 is 5.97 Å². The summed E-state index contributed by atoms with van der Waals surface area (Å²) >= 11 is 0. The predicted molar refractivity (Wildman–Crippen MR) is 82.7 cm³/mol. The molecule has 0 aliphatic heterocycles. The third-order valence-electron chi connectivity index (χ3n) is 3.35. The van der Waals surface area contributed by atoms with Crippen molar-refractivity contribution in [1.82, 2.24) is 14.5 Å². The minimum atomic E-state index is -0.884. The minimum absolute atomic E-state index is 0.154. The molecule has 2 heterocycles. The summed E-state index contributed by atoms with van der Waals surface area (Å²) in [6.45, 7) is 1.95. The van der Waals surface area contributed by atoms with Crippen molar-refractivity contribution in [3.63, 3.8) is 0 Å². The van der Waals surface area contributed by atoms with Gasteiger partial charge in [0.1, 0.15) is 12.1 Å². The van der Waals surface area contributed by atoms with Gasteiger partial charge in [0, 0.05) is 18.1 Å². The Bertz CT molecular complexity index is 873. The fourth-order valence-corrected chi connectivity index (χ4v) is 2.27. The van der Waals surface area contributed by atoms with Gasteiger partial charge in [-0.05, 0) is 30.7 Å². The van der Waals surface area contributed by atoms with Crippen LogP contribution in [0.5, 0.6) is 0 Å². The van der Waals surface area contributed by atoms with Crippen LogP contribution < -0.4 is 0 Å². The predicted octanol–water partition coefficient (Wildman–Crippen LogP) is 3.39. The number of carbonyl (C=O) groups is 1. The van der Waals surface area contributed by atoms with Crippen LogP contribution in [0.3, 0.4) is 0 Å². The summed E-state index contributed by atoms with van der Waals surface area (Å²) in [5.74, 6) is -2.11. The Balaban J connectivity index is 1.98. The zero-order valence-corrected chi connectivity index (χ0v) is 12.7. The Morgan fingerprint density at radius 3 is 2.83 bits per heavy atom. The van der Waals surface area contributed by atoms with E-state index in [0.29, 0.717) is 11.3 Å². The van der Waals surface area contributed by atoms with Gasteiger partial charge in [-0.25, -0.2) is 19.2 Å². The minimum Gasteiger partial charge on any atom is -0.461 e. The van der Waals surface area contributed by atoms with Crippen LogP contribution in [0.1, 0.15) is 17.4 Å². The molecule has 1 aromatic carbocycles. The number of rotatable bonds is 4. The fourth-order valence-electron chi connectivity index (χ4n) is 2.27. The van der Waals surface area contributed by atoms with Crippen LogP contribution in [0.4, 0.5) is 8.78 Å². The molecule has 0 N–H and O–H groups in total. The van der Waals surface area contributed by atoms with Crippen LogP contribution in [0.25, 0.3) is 16.8 Å². The van der Waals surface area contributed by atoms with E-state index in [-0.39, 0.29) is 17.9 Å². The monoisotopic (exact) mass is 329 g/mol. The van der Waals surface area contributed by atoms with Crippen LogP contribution in [-0.4, -0.2) is 27.1 Å². The van der Waals surface area contributed by atoms with E-state index in [4.69, 9.17) is 4.74 Å². The van der Waals surface area contributed by atoms with Gasteiger partial charge in [-0.1, -0.05) is 12.1 Å². The quantitative estimate of drug-likeness (QED) is 0.544. The second kappa shape index (κ2) is 6.57. The highest BCUT2D eigenvalue weighted by Gasteiger charge is 2.14. The van der Waals surface area contributed by atoms with Crippen molar-refractivity contribution < 1.29 is 18.3 Å². The molecular weight excluding hydrogens is 316 g/mol. The van der Waals surface area contributed by atoms with Gasteiger partial charge in [0.05, 0.1) is 12.2 Å². The van der Waals surface area contributed by atoms with Gasteiger partial charge in [0.15, 0.2) is 5.69 Å². The van der Waals surface area contributed by atoms with Gasteiger partial charge in [0.25, 0.3) is 0 Å². The van der Waals surface area contributed by atoms with Crippen molar-refractivity contribution in [2.75, 3.05) is 6.61 Å². The van der Waals surface area contributed by atoms with Crippen LogP contribution in [0.2, 0.25) is 0 Å². The number of hydrogen-bond acceptors (Lipinski definition) is 4. The number of benzene rings is 1. The molecule has 0 saturated carbocycles. The molecule has 2 aromatic heterocycles. The SMILES string of the molecule is CCOC(=O)c1cn(-c2cccc(-c3c(F)ccnc3F)c2)cn1. The molecule has 0 fully saturated rings. The van der Waals surface area contributed by atoms with Gasteiger partial charge in [-0.3, -0.25) is 0 Å². The number of imidazole rings is 1. The third kappa shape index (κ3) is 3.01. The standard InChI is InChI=1S/C17H13F2N3O2/c1-2-24-17(23)14-9-22(10-21-14)12-5-3-4-11(8-12)15-13(18)6-7-20-16(15)19/h3-10H,2H2,1H3. The fraction of sp³-hybridized carbons (Fsp3) is 0.118. The van der Waals surface area contributed by atoms with Crippen molar-refractivity contribution in [3.05, 3.63) is 66.5 Å².